The first-order valence-corrected chi connectivity index (χ1v) is 8.30. The van der Waals surface area contributed by atoms with Crippen LogP contribution in [0.25, 0.3) is 0 Å². The molecule has 0 bridgehead atoms. The van der Waals surface area contributed by atoms with E-state index in [1.807, 2.05) is 12.1 Å². The quantitative estimate of drug-likeness (QED) is 0.726. The van der Waals surface area contributed by atoms with Crippen LogP contribution < -0.4 is 10.1 Å². The van der Waals surface area contributed by atoms with Crippen LogP contribution >= 0.6 is 15.9 Å². The number of benzene rings is 1. The van der Waals surface area contributed by atoms with Crippen LogP contribution in [0.1, 0.15) is 18.4 Å². The molecule has 4 nitrogen and oxygen atoms in total. The normalized spacial score (nSPS) is 19.1. The van der Waals surface area contributed by atoms with Crippen molar-refractivity contribution in [1.82, 2.24) is 10.2 Å². The van der Waals surface area contributed by atoms with Crippen molar-refractivity contribution >= 4 is 15.9 Å². The second-order valence-electron chi connectivity index (χ2n) is 5.42. The van der Waals surface area contributed by atoms with E-state index in [0.29, 0.717) is 6.04 Å². The predicted octanol–water partition coefficient (Wildman–Crippen LogP) is 2.66. The summed E-state index contributed by atoms with van der Waals surface area (Å²) in [6.45, 7) is 4.82. The number of nitrogens with zero attached hydrogens (tertiary/aromatic N) is 1. The van der Waals surface area contributed by atoms with Gasteiger partial charge in [0.05, 0.1) is 13.7 Å². The van der Waals surface area contributed by atoms with Crippen LogP contribution in [0, 0.1) is 0 Å². The van der Waals surface area contributed by atoms with Crippen LogP contribution in [-0.2, 0) is 11.3 Å². The second-order valence-corrected chi connectivity index (χ2v) is 6.34. The summed E-state index contributed by atoms with van der Waals surface area (Å²) in [5.74, 6) is 0.969. The number of ether oxygens (including phenoxy) is 2. The summed E-state index contributed by atoms with van der Waals surface area (Å²) in [7, 11) is 3.48. The molecule has 0 saturated carbocycles. The van der Waals surface area contributed by atoms with Crippen molar-refractivity contribution in [3.8, 4) is 5.75 Å². The zero-order valence-electron chi connectivity index (χ0n) is 12.9. The minimum absolute atomic E-state index is 0.602. The van der Waals surface area contributed by atoms with Crippen molar-refractivity contribution in [3.05, 3.63) is 28.2 Å². The molecule has 0 spiro atoms. The lowest BCUT2D eigenvalue weighted by Gasteiger charge is -2.25. The lowest BCUT2D eigenvalue weighted by Crippen LogP contribution is -2.38. The fourth-order valence-electron chi connectivity index (χ4n) is 2.87. The van der Waals surface area contributed by atoms with Crippen LogP contribution in [0.5, 0.6) is 5.75 Å². The third-order valence-electron chi connectivity index (χ3n) is 3.98. The maximum absolute atomic E-state index is 5.48. The van der Waals surface area contributed by atoms with E-state index in [1.54, 1.807) is 14.2 Å². The number of hydrogen-bond donors (Lipinski definition) is 1. The zero-order chi connectivity index (χ0) is 15.1. The molecule has 1 N–H and O–H groups in total. The van der Waals surface area contributed by atoms with Gasteiger partial charge in [-0.05, 0) is 37.6 Å². The van der Waals surface area contributed by atoms with E-state index in [4.69, 9.17) is 9.47 Å². The largest absolute Gasteiger partial charge is 0.496 e. The Morgan fingerprint density at radius 1 is 1.38 bits per heavy atom. The Morgan fingerprint density at radius 3 is 3.00 bits per heavy atom. The Balaban J connectivity index is 1.93. The van der Waals surface area contributed by atoms with Crippen LogP contribution in [0.15, 0.2) is 22.7 Å². The average Bonchev–Trinajstić information content (AvgIpc) is 2.91. The summed E-state index contributed by atoms with van der Waals surface area (Å²) in [6, 6.07) is 6.81. The molecule has 1 heterocycles. The van der Waals surface area contributed by atoms with E-state index in [9.17, 15) is 0 Å². The summed E-state index contributed by atoms with van der Waals surface area (Å²) in [6.07, 6.45) is 2.53. The highest BCUT2D eigenvalue weighted by Gasteiger charge is 2.24. The number of rotatable bonds is 8. The smallest absolute Gasteiger partial charge is 0.123 e. The van der Waals surface area contributed by atoms with Crippen LogP contribution in [0.2, 0.25) is 0 Å². The molecule has 1 aromatic carbocycles. The standard InChI is InChI=1S/C16H25BrN2O2/c1-20-9-7-18-11-15-4-3-8-19(15)12-13-10-14(17)5-6-16(13)21-2/h5-6,10,15,18H,3-4,7-9,11-12H2,1-2H3. The lowest BCUT2D eigenvalue weighted by atomic mass is 10.1. The van der Waals surface area contributed by atoms with Crippen molar-refractivity contribution in [3.63, 3.8) is 0 Å². The molecule has 0 amide bonds. The molecule has 1 unspecified atom stereocenters. The van der Waals surface area contributed by atoms with Crippen molar-refractivity contribution in [2.24, 2.45) is 0 Å². The van der Waals surface area contributed by atoms with Gasteiger partial charge in [0, 0.05) is 42.8 Å². The predicted molar refractivity (Wildman–Crippen MR) is 88.9 cm³/mol. The van der Waals surface area contributed by atoms with Crippen molar-refractivity contribution in [1.29, 1.82) is 0 Å². The Kier molecular flexibility index (Phi) is 6.96. The number of methoxy groups -OCH3 is 2. The Labute approximate surface area is 135 Å². The van der Waals surface area contributed by atoms with Crippen LogP contribution in [0.3, 0.4) is 0 Å². The second kappa shape index (κ2) is 8.73. The molecule has 1 aromatic rings. The number of nitrogens with one attached hydrogen (secondary N) is 1. The Hall–Kier alpha value is -0.620. The molecule has 21 heavy (non-hydrogen) atoms. The molecule has 0 aromatic heterocycles. The van der Waals surface area contributed by atoms with Gasteiger partial charge >= 0.3 is 0 Å². The van der Waals surface area contributed by atoms with Gasteiger partial charge in [0.25, 0.3) is 0 Å². The molecule has 1 aliphatic heterocycles. The molecule has 2 rings (SSSR count). The van der Waals surface area contributed by atoms with Crippen molar-refractivity contribution < 1.29 is 9.47 Å². The first-order chi connectivity index (χ1) is 10.2. The van der Waals surface area contributed by atoms with Gasteiger partial charge < -0.3 is 14.8 Å². The van der Waals surface area contributed by atoms with Crippen LogP contribution in [-0.4, -0.2) is 51.4 Å². The SMILES string of the molecule is COCCNCC1CCCN1Cc1cc(Br)ccc1OC. The summed E-state index contributed by atoms with van der Waals surface area (Å²) in [5.41, 5.74) is 1.25. The number of likely N-dealkylation sites (tertiary alicyclic amines) is 1. The molecule has 1 fully saturated rings. The summed E-state index contributed by atoms with van der Waals surface area (Å²) >= 11 is 3.55. The number of hydrogen-bond acceptors (Lipinski definition) is 4. The van der Waals surface area contributed by atoms with Crippen LogP contribution in [0.4, 0.5) is 0 Å². The zero-order valence-corrected chi connectivity index (χ0v) is 14.5. The summed E-state index contributed by atoms with van der Waals surface area (Å²) in [4.78, 5) is 2.55. The first kappa shape index (κ1) is 16.7. The van der Waals surface area contributed by atoms with Gasteiger partial charge in [-0.15, -0.1) is 0 Å². The minimum atomic E-state index is 0.602. The van der Waals surface area contributed by atoms with Gasteiger partial charge in [-0.25, -0.2) is 0 Å². The molecular formula is C16H25BrN2O2. The third-order valence-corrected chi connectivity index (χ3v) is 4.47. The highest BCUT2D eigenvalue weighted by Crippen LogP contribution is 2.27. The van der Waals surface area contributed by atoms with E-state index < -0.39 is 0 Å². The Morgan fingerprint density at radius 2 is 2.24 bits per heavy atom. The molecule has 1 saturated heterocycles. The Bertz CT molecular complexity index is 442. The highest BCUT2D eigenvalue weighted by atomic mass is 79.9. The molecule has 118 valence electrons. The average molecular weight is 357 g/mol. The molecule has 1 atom stereocenters. The molecule has 0 aliphatic carbocycles. The van der Waals surface area contributed by atoms with Gasteiger partial charge in [-0.1, -0.05) is 15.9 Å². The maximum Gasteiger partial charge on any atom is 0.123 e. The number of halogens is 1. The van der Waals surface area contributed by atoms with E-state index in [2.05, 4.69) is 32.2 Å². The third kappa shape index (κ3) is 4.95. The lowest BCUT2D eigenvalue weighted by molar-refractivity contribution is 0.190. The summed E-state index contributed by atoms with van der Waals surface area (Å²) in [5, 5.41) is 3.48. The van der Waals surface area contributed by atoms with Gasteiger partial charge in [-0.3, -0.25) is 4.90 Å². The highest BCUT2D eigenvalue weighted by molar-refractivity contribution is 9.10. The fourth-order valence-corrected chi connectivity index (χ4v) is 3.28. The van der Waals surface area contributed by atoms with Crippen molar-refractivity contribution in [2.45, 2.75) is 25.4 Å². The van der Waals surface area contributed by atoms with Gasteiger partial charge in [0.15, 0.2) is 0 Å². The maximum atomic E-state index is 5.48. The minimum Gasteiger partial charge on any atom is -0.496 e. The van der Waals surface area contributed by atoms with E-state index in [0.717, 1.165) is 43.0 Å². The van der Waals surface area contributed by atoms with E-state index in [-0.39, 0.29) is 0 Å². The molecular weight excluding hydrogens is 332 g/mol. The molecule has 5 heteroatoms. The molecule has 0 radical (unpaired) electrons. The van der Waals surface area contributed by atoms with E-state index >= 15 is 0 Å². The van der Waals surface area contributed by atoms with Gasteiger partial charge in [0.2, 0.25) is 0 Å². The topological polar surface area (TPSA) is 33.7 Å². The van der Waals surface area contributed by atoms with Gasteiger partial charge in [-0.2, -0.15) is 0 Å². The van der Waals surface area contributed by atoms with E-state index in [1.165, 1.54) is 18.4 Å². The van der Waals surface area contributed by atoms with Crippen molar-refractivity contribution in [2.75, 3.05) is 40.5 Å². The first-order valence-electron chi connectivity index (χ1n) is 7.50. The molecule has 1 aliphatic rings. The summed E-state index contributed by atoms with van der Waals surface area (Å²) < 4.78 is 11.7. The monoisotopic (exact) mass is 356 g/mol. The fraction of sp³-hybridized carbons (Fsp3) is 0.625. The van der Waals surface area contributed by atoms with Gasteiger partial charge in [0.1, 0.15) is 5.75 Å².